The smallest absolute Gasteiger partial charge is 0.106 e. The zero-order valence-corrected chi connectivity index (χ0v) is 10.4. The Morgan fingerprint density at radius 1 is 1.50 bits per heavy atom. The summed E-state index contributed by atoms with van der Waals surface area (Å²) < 4.78 is 0. The summed E-state index contributed by atoms with van der Waals surface area (Å²) in [5.41, 5.74) is 7.69. The van der Waals surface area contributed by atoms with Gasteiger partial charge in [-0.05, 0) is 36.8 Å². The van der Waals surface area contributed by atoms with Crippen molar-refractivity contribution < 1.29 is 0 Å². The molecular weight excluding hydrogens is 216 g/mol. The number of nitrogens with one attached hydrogen (secondary N) is 1. The van der Waals surface area contributed by atoms with Crippen molar-refractivity contribution in [1.82, 2.24) is 0 Å². The Balaban J connectivity index is 1.99. The van der Waals surface area contributed by atoms with E-state index in [1.807, 2.05) is 24.3 Å². The second-order valence-corrected chi connectivity index (χ2v) is 5.05. The van der Waals surface area contributed by atoms with E-state index < -0.39 is 0 Å². The van der Waals surface area contributed by atoms with Crippen molar-refractivity contribution in [3.8, 4) is 0 Å². The molecule has 2 rings (SSSR count). The van der Waals surface area contributed by atoms with Crippen LogP contribution >= 0.6 is 12.2 Å². The Kier molecular flexibility index (Phi) is 3.44. The van der Waals surface area contributed by atoms with Gasteiger partial charge >= 0.3 is 0 Å². The first kappa shape index (κ1) is 11.4. The zero-order valence-electron chi connectivity index (χ0n) is 9.57. The number of rotatable bonds is 5. The maximum Gasteiger partial charge on any atom is 0.106 e. The van der Waals surface area contributed by atoms with E-state index in [-0.39, 0.29) is 0 Å². The van der Waals surface area contributed by atoms with E-state index in [9.17, 15) is 0 Å². The molecule has 1 aromatic rings. The predicted molar refractivity (Wildman–Crippen MR) is 72.7 cm³/mol. The van der Waals surface area contributed by atoms with Gasteiger partial charge in [0.25, 0.3) is 0 Å². The van der Waals surface area contributed by atoms with Crippen molar-refractivity contribution in [2.24, 2.45) is 17.6 Å². The first-order valence-electron chi connectivity index (χ1n) is 5.81. The van der Waals surface area contributed by atoms with Gasteiger partial charge < -0.3 is 11.1 Å². The van der Waals surface area contributed by atoms with Gasteiger partial charge in [-0.15, -0.1) is 0 Å². The molecule has 1 unspecified atom stereocenters. The molecule has 3 N–H and O–H groups in total. The molecule has 0 amide bonds. The number of benzene rings is 1. The van der Waals surface area contributed by atoms with Crippen LogP contribution in [-0.4, -0.2) is 11.5 Å². The number of nitrogens with two attached hydrogens (primary N) is 1. The van der Waals surface area contributed by atoms with Crippen molar-refractivity contribution in [1.29, 1.82) is 0 Å². The highest BCUT2D eigenvalue weighted by molar-refractivity contribution is 7.80. The topological polar surface area (TPSA) is 38.0 Å². The molecule has 0 saturated heterocycles. The second-order valence-electron chi connectivity index (χ2n) is 4.61. The van der Waals surface area contributed by atoms with E-state index in [1.54, 1.807) is 0 Å². The van der Waals surface area contributed by atoms with Crippen LogP contribution in [0.15, 0.2) is 24.3 Å². The summed E-state index contributed by atoms with van der Waals surface area (Å²) in [6.45, 7) is 3.30. The standard InChI is InChI=1S/C13H18N2S/c1-9(10-6-7-10)8-15-12-5-3-2-4-11(12)13(14)16/h2-5,9-10,15H,6-8H2,1H3,(H2,14,16). The number of anilines is 1. The number of hydrogen-bond acceptors (Lipinski definition) is 2. The van der Waals surface area contributed by atoms with Crippen LogP contribution in [0.4, 0.5) is 5.69 Å². The molecule has 0 aliphatic heterocycles. The van der Waals surface area contributed by atoms with Gasteiger partial charge in [-0.2, -0.15) is 0 Å². The molecule has 1 aliphatic rings. The van der Waals surface area contributed by atoms with Crippen molar-refractivity contribution in [2.45, 2.75) is 19.8 Å². The number of thiocarbonyl (C=S) groups is 1. The number of hydrogen-bond donors (Lipinski definition) is 2. The highest BCUT2D eigenvalue weighted by Gasteiger charge is 2.27. The summed E-state index contributed by atoms with van der Waals surface area (Å²) >= 11 is 5.03. The van der Waals surface area contributed by atoms with Gasteiger partial charge in [0.15, 0.2) is 0 Å². The average molecular weight is 234 g/mol. The van der Waals surface area contributed by atoms with Crippen molar-refractivity contribution in [2.75, 3.05) is 11.9 Å². The molecule has 1 aliphatic carbocycles. The lowest BCUT2D eigenvalue weighted by Gasteiger charge is -2.15. The van der Waals surface area contributed by atoms with E-state index in [0.29, 0.717) is 4.99 Å². The summed E-state index contributed by atoms with van der Waals surface area (Å²) in [5, 5.41) is 3.45. The van der Waals surface area contributed by atoms with E-state index in [2.05, 4.69) is 12.2 Å². The summed E-state index contributed by atoms with van der Waals surface area (Å²) in [4.78, 5) is 0.460. The first-order valence-corrected chi connectivity index (χ1v) is 6.22. The van der Waals surface area contributed by atoms with E-state index in [4.69, 9.17) is 18.0 Å². The third-order valence-electron chi connectivity index (χ3n) is 3.23. The minimum absolute atomic E-state index is 0.460. The average Bonchev–Trinajstić information content (AvgIpc) is 3.10. The van der Waals surface area contributed by atoms with Crippen LogP contribution in [0.1, 0.15) is 25.3 Å². The predicted octanol–water partition coefficient (Wildman–Crippen LogP) is 2.78. The summed E-state index contributed by atoms with van der Waals surface area (Å²) in [5.74, 6) is 1.66. The van der Waals surface area contributed by atoms with Crippen LogP contribution < -0.4 is 11.1 Å². The summed E-state index contributed by atoms with van der Waals surface area (Å²) in [7, 11) is 0. The molecule has 0 spiro atoms. The second kappa shape index (κ2) is 4.83. The fraction of sp³-hybridized carbons (Fsp3) is 0.462. The Hall–Kier alpha value is -1.09. The molecule has 86 valence electrons. The van der Waals surface area contributed by atoms with Gasteiger partial charge in [-0.3, -0.25) is 0 Å². The molecule has 1 aromatic carbocycles. The van der Waals surface area contributed by atoms with E-state index in [0.717, 1.165) is 29.6 Å². The van der Waals surface area contributed by atoms with Crippen LogP contribution in [0.5, 0.6) is 0 Å². The van der Waals surface area contributed by atoms with Crippen LogP contribution in [0.3, 0.4) is 0 Å². The van der Waals surface area contributed by atoms with Crippen LogP contribution in [-0.2, 0) is 0 Å². The van der Waals surface area contributed by atoms with Crippen LogP contribution in [0.2, 0.25) is 0 Å². The minimum Gasteiger partial charge on any atom is -0.389 e. The van der Waals surface area contributed by atoms with Gasteiger partial charge in [0, 0.05) is 17.8 Å². The Morgan fingerprint density at radius 3 is 2.81 bits per heavy atom. The Bertz CT molecular complexity index is 385. The van der Waals surface area contributed by atoms with Crippen LogP contribution in [0, 0.1) is 11.8 Å². The molecule has 16 heavy (non-hydrogen) atoms. The lowest BCUT2D eigenvalue weighted by molar-refractivity contribution is 0.536. The molecule has 0 radical (unpaired) electrons. The molecule has 0 bridgehead atoms. The normalized spacial score (nSPS) is 16.8. The molecule has 1 atom stereocenters. The zero-order chi connectivity index (χ0) is 11.5. The fourth-order valence-corrected chi connectivity index (χ4v) is 2.13. The molecule has 2 nitrogen and oxygen atoms in total. The monoisotopic (exact) mass is 234 g/mol. The molecular formula is C13H18N2S. The molecule has 0 aromatic heterocycles. The number of para-hydroxylation sites is 1. The van der Waals surface area contributed by atoms with Crippen LogP contribution in [0.25, 0.3) is 0 Å². The Morgan fingerprint density at radius 2 is 2.19 bits per heavy atom. The van der Waals surface area contributed by atoms with Crippen molar-refractivity contribution in [3.63, 3.8) is 0 Å². The van der Waals surface area contributed by atoms with E-state index in [1.165, 1.54) is 12.8 Å². The van der Waals surface area contributed by atoms with Gasteiger partial charge in [0.05, 0.1) is 0 Å². The molecule has 0 heterocycles. The highest BCUT2D eigenvalue weighted by atomic mass is 32.1. The summed E-state index contributed by atoms with van der Waals surface area (Å²) in [6.07, 6.45) is 2.78. The first-order chi connectivity index (χ1) is 7.68. The van der Waals surface area contributed by atoms with Gasteiger partial charge in [0.1, 0.15) is 4.99 Å². The largest absolute Gasteiger partial charge is 0.389 e. The maximum atomic E-state index is 5.68. The molecule has 1 fully saturated rings. The SMILES string of the molecule is CC(CNc1ccccc1C(N)=S)C1CC1. The lowest BCUT2D eigenvalue weighted by atomic mass is 10.1. The van der Waals surface area contributed by atoms with Gasteiger partial charge in [-0.1, -0.05) is 31.3 Å². The van der Waals surface area contributed by atoms with Crippen molar-refractivity contribution >= 4 is 22.9 Å². The maximum absolute atomic E-state index is 5.68. The highest BCUT2D eigenvalue weighted by Crippen LogP contribution is 2.36. The third kappa shape index (κ3) is 2.73. The van der Waals surface area contributed by atoms with Gasteiger partial charge in [0.2, 0.25) is 0 Å². The minimum atomic E-state index is 0.460. The Labute approximate surface area is 102 Å². The quantitative estimate of drug-likeness (QED) is 0.769. The van der Waals surface area contributed by atoms with Gasteiger partial charge in [-0.25, -0.2) is 0 Å². The van der Waals surface area contributed by atoms with E-state index >= 15 is 0 Å². The molecule has 3 heteroatoms. The fourth-order valence-electron chi connectivity index (χ4n) is 1.96. The summed E-state index contributed by atoms with van der Waals surface area (Å²) in [6, 6.07) is 7.97. The lowest BCUT2D eigenvalue weighted by Crippen LogP contribution is -2.17. The molecule has 1 saturated carbocycles. The van der Waals surface area contributed by atoms with Crippen molar-refractivity contribution in [3.05, 3.63) is 29.8 Å². The third-order valence-corrected chi connectivity index (χ3v) is 3.45.